The highest BCUT2D eigenvalue weighted by molar-refractivity contribution is 5.79. The number of hydrogen-bond donors (Lipinski definition) is 1. The lowest BCUT2D eigenvalue weighted by Gasteiger charge is -2.47. The van der Waals surface area contributed by atoms with Gasteiger partial charge in [0.25, 0.3) is 0 Å². The molecule has 2 atom stereocenters. The molecule has 2 heterocycles. The summed E-state index contributed by atoms with van der Waals surface area (Å²) < 4.78 is 0. The van der Waals surface area contributed by atoms with Crippen LogP contribution in [0, 0.1) is 0 Å². The average molecular weight is 339 g/mol. The maximum absolute atomic E-state index is 12.7. The van der Waals surface area contributed by atoms with Crippen molar-refractivity contribution >= 4 is 5.91 Å². The van der Waals surface area contributed by atoms with Crippen molar-refractivity contribution in [2.45, 2.75) is 24.5 Å². The van der Waals surface area contributed by atoms with Crippen LogP contribution in [0.3, 0.4) is 0 Å². The molecule has 25 heavy (non-hydrogen) atoms. The van der Waals surface area contributed by atoms with E-state index in [4.69, 9.17) is 0 Å². The average Bonchev–Trinajstić information content (AvgIpc) is 2.63. The molecule has 2 aromatic rings. The fourth-order valence-electron chi connectivity index (χ4n) is 3.59. The van der Waals surface area contributed by atoms with E-state index in [1.54, 1.807) is 12.4 Å². The van der Waals surface area contributed by atoms with E-state index in [1.165, 1.54) is 0 Å². The number of carbonyl (C=O) groups is 1. The maximum Gasteiger partial charge on any atom is 0.227 e. The Bertz CT molecular complexity index is 705. The molecule has 0 radical (unpaired) electrons. The molecule has 0 spiro atoms. The van der Waals surface area contributed by atoms with Gasteiger partial charge >= 0.3 is 0 Å². The van der Waals surface area contributed by atoms with Crippen LogP contribution in [0.2, 0.25) is 0 Å². The second-order valence-corrected chi connectivity index (χ2v) is 6.90. The van der Waals surface area contributed by atoms with E-state index in [0.29, 0.717) is 25.9 Å². The molecule has 132 valence electrons. The summed E-state index contributed by atoms with van der Waals surface area (Å²) in [6, 6.07) is 13.4. The first kappa shape index (κ1) is 17.6. The number of likely N-dealkylation sites (tertiary alicyclic amines) is 1. The van der Waals surface area contributed by atoms with Crippen LogP contribution in [0.25, 0.3) is 0 Å². The van der Waals surface area contributed by atoms with E-state index in [1.807, 2.05) is 66.4 Å². The fraction of sp³-hybridized carbons (Fsp3) is 0.400. The van der Waals surface area contributed by atoms with Crippen molar-refractivity contribution in [2.75, 3.05) is 27.2 Å². The van der Waals surface area contributed by atoms with Gasteiger partial charge in [-0.1, -0.05) is 36.4 Å². The summed E-state index contributed by atoms with van der Waals surface area (Å²) in [7, 11) is 3.90. The molecular formula is C20H25N3O2. The Morgan fingerprint density at radius 1 is 1.28 bits per heavy atom. The highest BCUT2D eigenvalue weighted by Gasteiger charge is 2.44. The normalized spacial score (nSPS) is 23.7. The van der Waals surface area contributed by atoms with Gasteiger partial charge in [-0.2, -0.15) is 0 Å². The van der Waals surface area contributed by atoms with Gasteiger partial charge < -0.3 is 14.9 Å². The van der Waals surface area contributed by atoms with E-state index < -0.39 is 5.60 Å². The van der Waals surface area contributed by atoms with Crippen LogP contribution in [-0.4, -0.2) is 59.0 Å². The van der Waals surface area contributed by atoms with Crippen molar-refractivity contribution in [3.05, 3.63) is 66.0 Å². The van der Waals surface area contributed by atoms with Gasteiger partial charge in [-0.15, -0.1) is 0 Å². The molecule has 3 rings (SSSR count). The van der Waals surface area contributed by atoms with Gasteiger partial charge in [-0.05, 0) is 37.7 Å². The van der Waals surface area contributed by atoms with Gasteiger partial charge in [-0.25, -0.2) is 0 Å². The number of amides is 1. The minimum Gasteiger partial charge on any atom is -0.383 e. The summed E-state index contributed by atoms with van der Waals surface area (Å²) in [5, 5.41) is 11.4. The summed E-state index contributed by atoms with van der Waals surface area (Å²) in [5.74, 6) is 0.0787. The van der Waals surface area contributed by atoms with Crippen LogP contribution in [-0.2, 0) is 16.8 Å². The molecule has 1 aliphatic heterocycles. The monoisotopic (exact) mass is 339 g/mol. The molecule has 1 N–H and O–H groups in total. The van der Waals surface area contributed by atoms with Crippen molar-refractivity contribution in [3.8, 4) is 0 Å². The largest absolute Gasteiger partial charge is 0.383 e. The first-order chi connectivity index (χ1) is 12.0. The molecule has 0 unspecified atom stereocenters. The standard InChI is InChI=1S/C20H25N3O2/c1-22(2)18-15-23(19(24)13-16-7-6-11-21-14-16)12-10-20(18,25)17-8-4-3-5-9-17/h3-9,11,14,18,25H,10,12-13,15H2,1-2H3/t18-,20+/m1/s1. The highest BCUT2D eigenvalue weighted by Crippen LogP contribution is 2.35. The second kappa shape index (κ2) is 7.33. The molecule has 1 amide bonds. The Morgan fingerprint density at radius 2 is 2.04 bits per heavy atom. The lowest BCUT2D eigenvalue weighted by Crippen LogP contribution is -2.60. The number of aliphatic hydroxyl groups is 1. The molecule has 1 aromatic heterocycles. The number of hydrogen-bond acceptors (Lipinski definition) is 4. The lowest BCUT2D eigenvalue weighted by atomic mass is 9.79. The third kappa shape index (κ3) is 3.72. The van der Waals surface area contributed by atoms with Gasteiger partial charge in [0.15, 0.2) is 0 Å². The molecule has 0 aliphatic carbocycles. The van der Waals surface area contributed by atoms with E-state index in [9.17, 15) is 9.90 Å². The molecule has 1 fully saturated rings. The molecular weight excluding hydrogens is 314 g/mol. The van der Waals surface area contributed by atoms with E-state index >= 15 is 0 Å². The smallest absolute Gasteiger partial charge is 0.227 e. The van der Waals surface area contributed by atoms with Gasteiger partial charge in [0.2, 0.25) is 5.91 Å². The number of pyridine rings is 1. The molecule has 0 bridgehead atoms. The topological polar surface area (TPSA) is 56.7 Å². The summed E-state index contributed by atoms with van der Waals surface area (Å²) in [5.41, 5.74) is 0.876. The van der Waals surface area contributed by atoms with Crippen molar-refractivity contribution < 1.29 is 9.90 Å². The second-order valence-electron chi connectivity index (χ2n) is 6.90. The minimum atomic E-state index is -0.949. The zero-order valence-corrected chi connectivity index (χ0v) is 14.8. The van der Waals surface area contributed by atoms with Gasteiger partial charge in [-0.3, -0.25) is 9.78 Å². The third-order valence-electron chi connectivity index (χ3n) is 5.04. The molecule has 5 heteroatoms. The number of nitrogens with zero attached hydrogens (tertiary/aromatic N) is 3. The number of rotatable bonds is 4. The maximum atomic E-state index is 12.7. The Labute approximate surface area is 148 Å². The van der Waals surface area contributed by atoms with Gasteiger partial charge in [0.1, 0.15) is 5.60 Å². The first-order valence-corrected chi connectivity index (χ1v) is 8.62. The summed E-state index contributed by atoms with van der Waals surface area (Å²) >= 11 is 0. The van der Waals surface area contributed by atoms with Crippen LogP contribution in [0.1, 0.15) is 17.5 Å². The molecule has 1 aliphatic rings. The number of aromatic nitrogens is 1. The predicted molar refractivity (Wildman–Crippen MR) is 97.0 cm³/mol. The molecule has 1 aromatic carbocycles. The van der Waals surface area contributed by atoms with Gasteiger partial charge in [0.05, 0.1) is 12.5 Å². The van der Waals surface area contributed by atoms with E-state index in [0.717, 1.165) is 11.1 Å². The predicted octanol–water partition coefficient (Wildman–Crippen LogP) is 1.67. The quantitative estimate of drug-likeness (QED) is 0.921. The van der Waals surface area contributed by atoms with Crippen molar-refractivity contribution in [2.24, 2.45) is 0 Å². The number of piperidine rings is 1. The summed E-state index contributed by atoms with van der Waals surface area (Å²) in [6.45, 7) is 1.06. The molecule has 0 saturated carbocycles. The van der Waals surface area contributed by atoms with Crippen molar-refractivity contribution in [1.82, 2.24) is 14.8 Å². The number of benzene rings is 1. The van der Waals surface area contributed by atoms with Crippen LogP contribution in [0.15, 0.2) is 54.9 Å². The molecule has 5 nitrogen and oxygen atoms in total. The zero-order valence-electron chi connectivity index (χ0n) is 14.8. The molecule has 1 saturated heterocycles. The number of carbonyl (C=O) groups excluding carboxylic acids is 1. The van der Waals surface area contributed by atoms with E-state index in [-0.39, 0.29) is 11.9 Å². The first-order valence-electron chi connectivity index (χ1n) is 8.62. The van der Waals surface area contributed by atoms with Crippen molar-refractivity contribution in [3.63, 3.8) is 0 Å². The van der Waals surface area contributed by atoms with Gasteiger partial charge in [0, 0.05) is 25.5 Å². The van der Waals surface area contributed by atoms with Crippen molar-refractivity contribution in [1.29, 1.82) is 0 Å². The minimum absolute atomic E-state index is 0.0787. The fourth-order valence-corrected chi connectivity index (χ4v) is 3.59. The van der Waals surface area contributed by atoms with Crippen LogP contribution in [0.5, 0.6) is 0 Å². The lowest BCUT2D eigenvalue weighted by molar-refractivity contribution is -0.141. The Kier molecular flexibility index (Phi) is 5.16. The Balaban J connectivity index is 1.76. The van der Waals surface area contributed by atoms with Crippen LogP contribution in [0.4, 0.5) is 0 Å². The Hall–Kier alpha value is -2.24. The summed E-state index contributed by atoms with van der Waals surface area (Å²) in [6.07, 6.45) is 4.30. The van der Waals surface area contributed by atoms with Crippen LogP contribution >= 0.6 is 0 Å². The summed E-state index contributed by atoms with van der Waals surface area (Å²) in [4.78, 5) is 20.6. The Morgan fingerprint density at radius 3 is 2.68 bits per heavy atom. The highest BCUT2D eigenvalue weighted by atomic mass is 16.3. The zero-order chi connectivity index (χ0) is 17.9. The third-order valence-corrected chi connectivity index (χ3v) is 5.04. The number of likely N-dealkylation sites (N-methyl/N-ethyl adjacent to an activating group) is 1. The van der Waals surface area contributed by atoms with E-state index in [2.05, 4.69) is 4.98 Å². The van der Waals surface area contributed by atoms with Crippen LogP contribution < -0.4 is 0 Å². The SMILES string of the molecule is CN(C)[C@@H]1CN(C(=O)Cc2cccnc2)CC[C@]1(O)c1ccccc1.